The number of nitrogens with one attached hydrogen (secondary N) is 3. The van der Waals surface area contributed by atoms with E-state index in [2.05, 4.69) is 197 Å². The van der Waals surface area contributed by atoms with Crippen LogP contribution in [0.4, 0.5) is 0 Å². The first-order chi connectivity index (χ1) is 53.0. The van der Waals surface area contributed by atoms with E-state index < -0.39 is 0 Å². The van der Waals surface area contributed by atoms with Crippen LogP contribution in [0.3, 0.4) is 0 Å². The van der Waals surface area contributed by atoms with E-state index in [0.29, 0.717) is 69.1 Å². The number of ether oxygens (including phenoxy) is 2. The van der Waals surface area contributed by atoms with E-state index in [0.717, 1.165) is 204 Å². The van der Waals surface area contributed by atoms with Crippen LogP contribution < -0.4 is 16.0 Å². The second kappa shape index (κ2) is 37.5. The molecule has 1 amide bonds. The Morgan fingerprint density at radius 3 is 1.53 bits per heavy atom. The number of hydrogen-bond acceptors (Lipinski definition) is 20. The van der Waals surface area contributed by atoms with Gasteiger partial charge in [-0.15, -0.1) is 0 Å². The molecule has 2 saturated heterocycles. The van der Waals surface area contributed by atoms with Gasteiger partial charge >= 0.3 is 0 Å². The summed E-state index contributed by atoms with van der Waals surface area (Å²) in [5, 5.41) is 35.7. The largest absolute Gasteiger partial charge is 0.511 e. The minimum atomic E-state index is -0.221. The summed E-state index contributed by atoms with van der Waals surface area (Å²) in [6.07, 6.45) is 20.3. The second-order valence-corrected chi connectivity index (χ2v) is 37.7. The van der Waals surface area contributed by atoms with Gasteiger partial charge in [-0.3, -0.25) is 9.59 Å². The van der Waals surface area contributed by atoms with Gasteiger partial charge in [0, 0.05) is 116 Å². The van der Waals surface area contributed by atoms with Crippen LogP contribution in [0, 0.1) is 37.5 Å². The van der Waals surface area contributed by atoms with Crippen molar-refractivity contribution in [2.45, 2.75) is 202 Å². The molecule has 2 aromatic rings. The third kappa shape index (κ3) is 18.0. The average Bonchev–Trinajstić information content (AvgIpc) is 1.59. The molecule has 0 saturated carbocycles. The zero-order valence-electron chi connectivity index (χ0n) is 66.3. The Morgan fingerprint density at radius 2 is 1.04 bits per heavy atom. The number of carbonyl (C=O) groups is 2. The minimum Gasteiger partial charge on any atom is -0.511 e. The van der Waals surface area contributed by atoms with Crippen LogP contribution in [0.25, 0.3) is 0 Å². The number of allylic oxidation sites excluding steroid dienone is 22. The van der Waals surface area contributed by atoms with Crippen LogP contribution in [-0.4, -0.2) is 95.8 Å². The number of amides is 1. The Balaban J connectivity index is 0.000000218. The molecule has 12 aliphatic rings. The quantitative estimate of drug-likeness (QED) is 0.0338. The van der Waals surface area contributed by atoms with Gasteiger partial charge in [-0.1, -0.05) is 164 Å². The Labute approximate surface area is 689 Å². The maximum atomic E-state index is 13.2. The van der Waals surface area contributed by atoms with Crippen LogP contribution >= 0.6 is 66.7 Å². The SMILES string of the molecule is C.C.CCC1=C(C)C2=NC1=CC1=C(C)C3=C(O)CC(=C4NC(=CC5=NC(=C2)C(C(C)OCc2ccc(C)cc2)=C5C)C(C)[C@@H]4CCC(=O)SCSSCSC)C3=N1.CCCSSCNC(=O)CC[C@@H]1C2=C3CC(O)=C4C3=NC(=C4C)C=C3N=C(C=C4N=C(C=C(N2)C1C)C(C)=C4C(C)OCc1cccc(C)c1)C(C)=C3CC. The smallest absolute Gasteiger partial charge is 0.220 e. The third-order valence-electron chi connectivity index (χ3n) is 22.8. The van der Waals surface area contributed by atoms with E-state index >= 15 is 0 Å². The summed E-state index contributed by atoms with van der Waals surface area (Å²) in [5.41, 5.74) is 33.7. The number of carbonyl (C=O) groups excluding carboxylic acids is 2. The van der Waals surface area contributed by atoms with Crippen molar-refractivity contribution >= 4 is 112 Å². The van der Waals surface area contributed by atoms with Crippen molar-refractivity contribution < 1.29 is 29.3 Å². The molecular weight excluding hydrogens is 1510 g/mol. The second-order valence-electron chi connectivity index (χ2n) is 30.0. The van der Waals surface area contributed by atoms with Gasteiger partial charge in [0.1, 0.15) is 11.5 Å². The predicted octanol–water partition coefficient (Wildman–Crippen LogP) is 22.8. The van der Waals surface area contributed by atoms with Crippen molar-refractivity contribution in [3.8, 4) is 0 Å². The zero-order valence-corrected chi connectivity index (χ0v) is 71.2. The van der Waals surface area contributed by atoms with Gasteiger partial charge in [0.25, 0.3) is 0 Å². The Morgan fingerprint density at radius 1 is 0.554 bits per heavy atom. The first kappa shape index (κ1) is 85.5. The van der Waals surface area contributed by atoms with Crippen molar-refractivity contribution in [1.82, 2.24) is 16.0 Å². The van der Waals surface area contributed by atoms with Gasteiger partial charge in [0.05, 0.1) is 105 Å². The van der Waals surface area contributed by atoms with Crippen molar-refractivity contribution in [3.63, 3.8) is 0 Å². The molecule has 2 fully saturated rings. The van der Waals surface area contributed by atoms with Gasteiger partial charge in [0.15, 0.2) is 5.12 Å². The highest BCUT2D eigenvalue weighted by molar-refractivity contribution is 8.79. The number of nitrogens with zero attached hydrogens (tertiary/aromatic N) is 6. The van der Waals surface area contributed by atoms with Gasteiger partial charge in [-0.05, 0) is 200 Å². The highest BCUT2D eigenvalue weighted by Gasteiger charge is 2.44. The summed E-state index contributed by atoms with van der Waals surface area (Å²) in [6.45, 7) is 33.0. The molecule has 592 valence electrons. The standard InChI is InChI=1S/C45H53N5O3S2.C44H50N4O3S4.2CH4/c1-9-16-54-55-23-46-41(52)15-14-32-26(5)35-19-36-27(6)42(29(8)53-22-30-13-11-12-24(3)17-30)39(48-36)21-34-25(4)31(10-2)38(47-34)20-37-28(7)43-40(51)18-33(44(32)49-35)45(43)50-37;1-9-30-24(3)33-19-38-41(28(7)51-20-29-12-10-23(2)11-13-29)26(5)35(46-38)17-34-25(4)31(14-15-40(50)53-22-55-54-21-52-8)43(47-34)32-16-39(49)42-27(6)36(48-44(32)42)18-37(30)45-33;;/h11-13,17,19-21,26,29,32,49,51H,9-10,14-16,18,22-23H2,1-8H3,(H,46,52);10-13,17-19,25,28,31,47,49H,9,14-16,20-22H2,1-8H3;2*1H4/t26?,29?,32-;25?,28?,31-;;/m00../s1. The van der Waals surface area contributed by atoms with Crippen LogP contribution in [0.15, 0.2) is 261 Å². The average molecular weight is 1620 g/mol. The summed E-state index contributed by atoms with van der Waals surface area (Å²) in [4.78, 5) is 57.7. The summed E-state index contributed by atoms with van der Waals surface area (Å²) in [5.74, 6) is 2.65. The number of aliphatic hydroxyl groups excluding tert-OH is 2. The number of aryl methyl sites for hydroxylation is 2. The molecule has 15 nitrogen and oxygen atoms in total. The molecule has 21 heteroatoms. The van der Waals surface area contributed by atoms with Crippen molar-refractivity contribution in [2.24, 2.45) is 53.6 Å². The first-order valence-corrected chi connectivity index (χ1v) is 46.0. The summed E-state index contributed by atoms with van der Waals surface area (Å²) >= 11 is 3.21. The van der Waals surface area contributed by atoms with Gasteiger partial charge in [0.2, 0.25) is 5.91 Å². The summed E-state index contributed by atoms with van der Waals surface area (Å²) in [6, 6.07) is 16.9. The van der Waals surface area contributed by atoms with Crippen LogP contribution in [-0.2, 0) is 32.3 Å². The Hall–Kier alpha value is -7.34. The van der Waals surface area contributed by atoms with E-state index in [9.17, 15) is 19.8 Å². The number of thioether (sulfide) groups is 2. The maximum absolute atomic E-state index is 13.2. The van der Waals surface area contributed by atoms with Crippen LogP contribution in [0.1, 0.15) is 185 Å². The highest BCUT2D eigenvalue weighted by Crippen LogP contribution is 2.50. The maximum Gasteiger partial charge on any atom is 0.220 e. The first-order valence-electron chi connectivity index (χ1n) is 38.7. The van der Waals surface area contributed by atoms with Crippen LogP contribution in [0.5, 0.6) is 0 Å². The van der Waals surface area contributed by atoms with E-state index in [1.54, 1.807) is 54.9 Å². The normalized spacial score (nSPS) is 21.9. The lowest BCUT2D eigenvalue weighted by Crippen LogP contribution is -2.24. The summed E-state index contributed by atoms with van der Waals surface area (Å²) < 4.78 is 13.1. The van der Waals surface area contributed by atoms with E-state index in [4.69, 9.17) is 39.4 Å². The number of aliphatic hydroxyl groups is 2. The zero-order chi connectivity index (χ0) is 77.9. The van der Waals surface area contributed by atoms with E-state index in [1.807, 2.05) is 13.8 Å². The Bertz CT molecular complexity index is 4940. The summed E-state index contributed by atoms with van der Waals surface area (Å²) in [7, 11) is 7.02. The molecule has 0 radical (unpaired) electrons. The monoisotopic (exact) mass is 1620 g/mol. The van der Waals surface area contributed by atoms with E-state index in [1.165, 1.54) is 34.0 Å². The number of fused-ring (bicyclic) bond motifs is 10. The van der Waals surface area contributed by atoms with Gasteiger partial charge in [-0.25, -0.2) is 30.0 Å². The molecule has 0 aromatic heterocycles. The number of aliphatic imine (C=N–C) groups is 6. The molecule has 2 aliphatic carbocycles. The van der Waals surface area contributed by atoms with Crippen molar-refractivity contribution in [2.75, 3.05) is 28.1 Å². The lowest BCUT2D eigenvalue weighted by Gasteiger charge is -2.18. The van der Waals surface area contributed by atoms with Gasteiger partial charge < -0.3 is 35.6 Å². The molecule has 10 heterocycles. The fourth-order valence-corrected chi connectivity index (χ4v) is 22.9. The molecule has 6 atom stereocenters. The van der Waals surface area contributed by atoms with Gasteiger partial charge in [-0.2, -0.15) is 11.8 Å². The van der Waals surface area contributed by atoms with E-state index in [-0.39, 0.29) is 61.8 Å². The Kier molecular flexibility index (Phi) is 28.6. The fraction of sp³-hybridized carbons (Fsp3) is 0.429. The molecule has 2 aromatic carbocycles. The topological polar surface area (TPSA) is 203 Å². The third-order valence-corrected chi connectivity index (χ3v) is 30.2. The molecule has 5 N–H and O–H groups in total. The molecule has 4 unspecified atom stereocenters. The lowest BCUT2D eigenvalue weighted by atomic mass is 9.86. The number of hydrogen-bond donors (Lipinski definition) is 5. The molecular formula is C91H111N9O6S6. The molecule has 16 bridgehead atoms. The predicted molar refractivity (Wildman–Crippen MR) is 481 cm³/mol. The highest BCUT2D eigenvalue weighted by atomic mass is 33.1. The molecule has 0 spiro atoms. The van der Waals surface area contributed by atoms with Crippen molar-refractivity contribution in [1.29, 1.82) is 0 Å². The molecule has 14 rings (SSSR count). The number of benzene rings is 2. The van der Waals surface area contributed by atoms with Crippen molar-refractivity contribution in [3.05, 3.63) is 254 Å². The molecule has 10 aliphatic heterocycles. The fourth-order valence-electron chi connectivity index (χ4n) is 16.6. The number of rotatable bonds is 26. The van der Waals surface area contributed by atoms with Crippen LogP contribution in [0.2, 0.25) is 0 Å². The molecule has 112 heavy (non-hydrogen) atoms. The minimum absolute atomic E-state index is 0. The lowest BCUT2D eigenvalue weighted by molar-refractivity contribution is -0.121.